The summed E-state index contributed by atoms with van der Waals surface area (Å²) < 4.78 is 16.4. The molecule has 1 fully saturated rings. The van der Waals surface area contributed by atoms with Crippen LogP contribution in [0.5, 0.6) is 17.2 Å². The Hall–Kier alpha value is -3.53. The van der Waals surface area contributed by atoms with Gasteiger partial charge in [-0.05, 0) is 48.0 Å². The molecular formula is C21H21N3O6S. The minimum Gasteiger partial charge on any atom is -0.497 e. The largest absolute Gasteiger partial charge is 0.497 e. The van der Waals surface area contributed by atoms with Crippen LogP contribution in [-0.2, 0) is 16.2 Å². The SMILES string of the molecule is COc1ccc(OCc2cc(C=NN=C3NC(=O)C(CC(=O)O)S3)ccc2OC)cc1. The van der Waals surface area contributed by atoms with Gasteiger partial charge in [0.05, 0.1) is 26.9 Å². The van der Waals surface area contributed by atoms with Crippen molar-refractivity contribution in [3.05, 3.63) is 53.6 Å². The molecule has 2 aromatic rings. The molecule has 1 heterocycles. The smallest absolute Gasteiger partial charge is 0.305 e. The van der Waals surface area contributed by atoms with E-state index >= 15 is 0 Å². The van der Waals surface area contributed by atoms with Gasteiger partial charge in [-0.25, -0.2) is 0 Å². The van der Waals surface area contributed by atoms with Crippen LogP contribution in [0.15, 0.2) is 52.7 Å². The van der Waals surface area contributed by atoms with Gasteiger partial charge in [-0.2, -0.15) is 5.10 Å². The van der Waals surface area contributed by atoms with Gasteiger partial charge in [0, 0.05) is 5.56 Å². The number of aliphatic carboxylic acids is 1. The standard InChI is InChI=1S/C21H21N3O6S/c1-28-15-4-6-16(7-5-15)30-12-14-9-13(3-8-17(14)29-2)11-22-24-21-23-20(27)18(31-21)10-19(25)26/h3-9,11,18H,10,12H2,1-2H3,(H,25,26)(H,23,24,27). The van der Waals surface area contributed by atoms with Gasteiger partial charge >= 0.3 is 5.97 Å². The normalized spacial score (nSPS) is 17.0. The average molecular weight is 443 g/mol. The lowest BCUT2D eigenvalue weighted by Gasteiger charge is -2.11. The Morgan fingerprint density at radius 3 is 2.58 bits per heavy atom. The first-order valence-corrected chi connectivity index (χ1v) is 10.1. The molecule has 2 N–H and O–H groups in total. The molecule has 0 saturated carbocycles. The fourth-order valence-corrected chi connectivity index (χ4v) is 3.63. The number of amidine groups is 1. The zero-order valence-corrected chi connectivity index (χ0v) is 17.7. The van der Waals surface area contributed by atoms with E-state index in [1.807, 2.05) is 36.4 Å². The molecule has 31 heavy (non-hydrogen) atoms. The Bertz CT molecular complexity index is 1010. The Balaban J connectivity index is 1.65. The average Bonchev–Trinajstić information content (AvgIpc) is 3.11. The molecule has 2 aromatic carbocycles. The Morgan fingerprint density at radius 1 is 1.16 bits per heavy atom. The van der Waals surface area contributed by atoms with Crippen molar-refractivity contribution in [3.63, 3.8) is 0 Å². The van der Waals surface area contributed by atoms with Gasteiger partial charge in [0.15, 0.2) is 5.17 Å². The molecule has 0 aromatic heterocycles. The number of thioether (sulfide) groups is 1. The molecule has 10 heteroatoms. The maximum atomic E-state index is 11.7. The topological polar surface area (TPSA) is 119 Å². The maximum absolute atomic E-state index is 11.7. The van der Waals surface area contributed by atoms with Crippen molar-refractivity contribution < 1.29 is 28.9 Å². The van der Waals surface area contributed by atoms with Crippen molar-refractivity contribution in [2.75, 3.05) is 14.2 Å². The number of hydrogen-bond donors (Lipinski definition) is 2. The third-order valence-electron chi connectivity index (χ3n) is 4.25. The number of benzene rings is 2. The van der Waals surface area contributed by atoms with E-state index in [4.69, 9.17) is 19.3 Å². The first-order valence-electron chi connectivity index (χ1n) is 9.22. The van der Waals surface area contributed by atoms with Gasteiger partial charge in [0.25, 0.3) is 0 Å². The van der Waals surface area contributed by atoms with Crippen molar-refractivity contribution in [2.24, 2.45) is 10.2 Å². The number of carboxylic acids is 1. The first-order chi connectivity index (χ1) is 15.0. The van der Waals surface area contributed by atoms with Gasteiger partial charge in [-0.1, -0.05) is 11.8 Å². The van der Waals surface area contributed by atoms with Gasteiger partial charge < -0.3 is 24.6 Å². The predicted molar refractivity (Wildman–Crippen MR) is 117 cm³/mol. The predicted octanol–water partition coefficient (Wildman–Crippen LogP) is 2.68. The van der Waals surface area contributed by atoms with E-state index in [1.54, 1.807) is 20.3 Å². The first kappa shape index (κ1) is 22.2. The maximum Gasteiger partial charge on any atom is 0.305 e. The second kappa shape index (κ2) is 10.5. The van der Waals surface area contributed by atoms with Gasteiger partial charge in [0.2, 0.25) is 5.91 Å². The van der Waals surface area contributed by atoms with Gasteiger partial charge in [-0.3, -0.25) is 9.59 Å². The molecule has 1 aliphatic rings. The van der Waals surface area contributed by atoms with Crippen molar-refractivity contribution in [1.82, 2.24) is 5.32 Å². The molecule has 0 aliphatic carbocycles. The van der Waals surface area contributed by atoms with Gasteiger partial charge in [-0.15, -0.1) is 5.10 Å². The number of methoxy groups -OCH3 is 2. The summed E-state index contributed by atoms with van der Waals surface area (Å²) in [7, 11) is 3.19. The molecule has 162 valence electrons. The minimum absolute atomic E-state index is 0.268. The third kappa shape index (κ3) is 6.22. The van der Waals surface area contributed by atoms with E-state index in [1.165, 1.54) is 6.21 Å². The summed E-state index contributed by atoms with van der Waals surface area (Å²) in [5.41, 5.74) is 1.58. The van der Waals surface area contributed by atoms with Crippen LogP contribution in [0.4, 0.5) is 0 Å². The van der Waals surface area contributed by atoms with Crippen molar-refractivity contribution >= 4 is 35.0 Å². The fraction of sp³-hybridized carbons (Fsp3) is 0.238. The van der Waals surface area contributed by atoms with Crippen LogP contribution in [0.2, 0.25) is 0 Å². The monoisotopic (exact) mass is 443 g/mol. The molecule has 0 spiro atoms. The van der Waals surface area contributed by atoms with E-state index in [0.29, 0.717) is 11.5 Å². The summed E-state index contributed by atoms with van der Waals surface area (Å²) in [6.07, 6.45) is 1.26. The third-order valence-corrected chi connectivity index (χ3v) is 5.32. The summed E-state index contributed by atoms with van der Waals surface area (Å²) in [4.78, 5) is 22.5. The highest BCUT2D eigenvalue weighted by molar-refractivity contribution is 8.15. The molecule has 1 unspecified atom stereocenters. The summed E-state index contributed by atoms with van der Waals surface area (Å²) in [5.74, 6) is 0.685. The van der Waals surface area contributed by atoms with Crippen LogP contribution in [0.3, 0.4) is 0 Å². The van der Waals surface area contributed by atoms with Crippen LogP contribution in [0.1, 0.15) is 17.5 Å². The van der Waals surface area contributed by atoms with Crippen LogP contribution in [-0.4, -0.2) is 47.8 Å². The number of carboxylic acid groups (broad SMARTS) is 1. The fourth-order valence-electron chi connectivity index (χ4n) is 2.72. The number of ether oxygens (including phenoxy) is 3. The molecule has 1 amide bonds. The second-order valence-corrected chi connectivity index (χ2v) is 7.57. The number of carbonyl (C=O) groups excluding carboxylic acids is 1. The molecule has 9 nitrogen and oxygen atoms in total. The van der Waals surface area contributed by atoms with E-state index in [0.717, 1.165) is 28.6 Å². The molecule has 0 bridgehead atoms. The Kier molecular flexibility index (Phi) is 7.50. The minimum atomic E-state index is -1.04. The quantitative estimate of drug-likeness (QED) is 0.452. The van der Waals surface area contributed by atoms with Gasteiger partial charge in [0.1, 0.15) is 29.1 Å². The number of carbonyl (C=O) groups is 2. The van der Waals surface area contributed by atoms with Crippen LogP contribution < -0.4 is 19.5 Å². The lowest BCUT2D eigenvalue weighted by atomic mass is 10.1. The highest BCUT2D eigenvalue weighted by Gasteiger charge is 2.32. The lowest BCUT2D eigenvalue weighted by Crippen LogP contribution is -2.26. The molecule has 1 atom stereocenters. The summed E-state index contributed by atoms with van der Waals surface area (Å²) >= 11 is 1.05. The number of nitrogens with zero attached hydrogens (tertiary/aromatic N) is 2. The zero-order chi connectivity index (χ0) is 22.2. The van der Waals surface area contributed by atoms with E-state index in [-0.39, 0.29) is 24.1 Å². The summed E-state index contributed by atoms with van der Waals surface area (Å²) in [6.45, 7) is 0.286. The van der Waals surface area contributed by atoms with Crippen LogP contribution in [0, 0.1) is 0 Å². The van der Waals surface area contributed by atoms with E-state index in [2.05, 4.69) is 15.5 Å². The van der Waals surface area contributed by atoms with Crippen LogP contribution in [0.25, 0.3) is 0 Å². The van der Waals surface area contributed by atoms with E-state index in [9.17, 15) is 9.59 Å². The lowest BCUT2D eigenvalue weighted by molar-refractivity contribution is -0.138. The van der Waals surface area contributed by atoms with E-state index < -0.39 is 11.2 Å². The van der Waals surface area contributed by atoms with Crippen LogP contribution >= 0.6 is 11.8 Å². The number of rotatable bonds is 9. The van der Waals surface area contributed by atoms with Crippen molar-refractivity contribution in [2.45, 2.75) is 18.3 Å². The Morgan fingerprint density at radius 2 is 1.90 bits per heavy atom. The highest BCUT2D eigenvalue weighted by Crippen LogP contribution is 2.24. The van der Waals surface area contributed by atoms with Crippen molar-refractivity contribution in [3.8, 4) is 17.2 Å². The molecule has 3 rings (SSSR count). The van der Waals surface area contributed by atoms with Crippen molar-refractivity contribution in [1.29, 1.82) is 0 Å². The summed E-state index contributed by atoms with van der Waals surface area (Å²) in [6, 6.07) is 12.7. The number of nitrogens with one attached hydrogen (secondary N) is 1. The Labute approximate surface area is 183 Å². The molecule has 1 aliphatic heterocycles. The molecule has 0 radical (unpaired) electrons. The highest BCUT2D eigenvalue weighted by atomic mass is 32.2. The number of hydrogen-bond acceptors (Lipinski definition) is 8. The zero-order valence-electron chi connectivity index (χ0n) is 16.9. The molecule has 1 saturated heterocycles. The second-order valence-electron chi connectivity index (χ2n) is 6.38. The molecular weight excluding hydrogens is 422 g/mol. The summed E-state index contributed by atoms with van der Waals surface area (Å²) in [5, 5.41) is 18.9. The number of amides is 1.